The maximum absolute atomic E-state index is 8.52. The van der Waals surface area contributed by atoms with Gasteiger partial charge in [0.05, 0.1) is 25.4 Å². The highest BCUT2D eigenvalue weighted by atomic mass is 16.5. The predicted octanol–water partition coefficient (Wildman–Crippen LogP) is 0.542. The summed E-state index contributed by atoms with van der Waals surface area (Å²) in [5.41, 5.74) is 0.00186. The first-order valence-electron chi connectivity index (χ1n) is 5.70. The van der Waals surface area contributed by atoms with Crippen molar-refractivity contribution in [3.8, 4) is 0 Å². The Morgan fingerprint density at radius 2 is 2.27 bits per heavy atom. The third-order valence-corrected chi connectivity index (χ3v) is 2.61. The van der Waals surface area contributed by atoms with Crippen molar-refractivity contribution in [2.24, 2.45) is 0 Å². The molecular weight excluding hydrogens is 194 g/mol. The van der Waals surface area contributed by atoms with Gasteiger partial charge in [-0.1, -0.05) is 0 Å². The Morgan fingerprint density at radius 1 is 1.47 bits per heavy atom. The molecule has 1 atom stereocenters. The zero-order chi connectivity index (χ0) is 11.1. The highest BCUT2D eigenvalue weighted by Gasteiger charge is 2.28. The van der Waals surface area contributed by atoms with E-state index in [1.807, 2.05) is 0 Å². The zero-order valence-corrected chi connectivity index (χ0v) is 9.79. The minimum atomic E-state index is 0.00186. The van der Waals surface area contributed by atoms with E-state index in [-0.39, 0.29) is 12.2 Å². The zero-order valence-electron chi connectivity index (χ0n) is 9.79. The maximum atomic E-state index is 8.52. The third kappa shape index (κ3) is 5.47. The van der Waals surface area contributed by atoms with Crippen molar-refractivity contribution in [2.45, 2.75) is 38.3 Å². The number of aliphatic hydroxyl groups is 1. The first-order chi connectivity index (χ1) is 7.14. The largest absolute Gasteiger partial charge is 0.394 e. The van der Waals surface area contributed by atoms with Crippen LogP contribution in [0.3, 0.4) is 0 Å². The second-order valence-corrected chi connectivity index (χ2v) is 4.59. The molecule has 1 heterocycles. The Balaban J connectivity index is 2.05. The van der Waals surface area contributed by atoms with E-state index in [0.29, 0.717) is 19.3 Å². The van der Waals surface area contributed by atoms with Crippen LogP contribution in [0.15, 0.2) is 0 Å². The van der Waals surface area contributed by atoms with Crippen LogP contribution >= 0.6 is 0 Å². The number of aliphatic hydroxyl groups excluding tert-OH is 1. The van der Waals surface area contributed by atoms with Crippen LogP contribution in [-0.4, -0.2) is 49.7 Å². The van der Waals surface area contributed by atoms with Crippen LogP contribution < -0.4 is 5.32 Å². The van der Waals surface area contributed by atoms with Gasteiger partial charge in [-0.3, -0.25) is 0 Å². The van der Waals surface area contributed by atoms with E-state index < -0.39 is 0 Å². The molecule has 0 aromatic rings. The van der Waals surface area contributed by atoms with Gasteiger partial charge in [-0.25, -0.2) is 0 Å². The van der Waals surface area contributed by atoms with Crippen molar-refractivity contribution in [1.82, 2.24) is 5.32 Å². The molecule has 4 nitrogen and oxygen atoms in total. The SMILES string of the molecule is CC1(C)CC(NCCOCCO)CCO1. The van der Waals surface area contributed by atoms with E-state index in [9.17, 15) is 0 Å². The van der Waals surface area contributed by atoms with Gasteiger partial charge in [0.2, 0.25) is 0 Å². The smallest absolute Gasteiger partial charge is 0.0698 e. The summed E-state index contributed by atoms with van der Waals surface area (Å²) in [6, 6.07) is 0.534. The van der Waals surface area contributed by atoms with Crippen LogP contribution in [0.25, 0.3) is 0 Å². The van der Waals surface area contributed by atoms with Gasteiger partial charge in [-0.15, -0.1) is 0 Å². The fourth-order valence-electron chi connectivity index (χ4n) is 1.91. The van der Waals surface area contributed by atoms with Crippen molar-refractivity contribution in [1.29, 1.82) is 0 Å². The molecule has 0 bridgehead atoms. The molecule has 1 unspecified atom stereocenters. The monoisotopic (exact) mass is 217 g/mol. The Morgan fingerprint density at radius 3 is 2.93 bits per heavy atom. The summed E-state index contributed by atoms with van der Waals surface area (Å²) >= 11 is 0. The Hall–Kier alpha value is -0.160. The molecule has 2 N–H and O–H groups in total. The van der Waals surface area contributed by atoms with Crippen molar-refractivity contribution in [2.75, 3.05) is 33.0 Å². The van der Waals surface area contributed by atoms with Gasteiger partial charge in [-0.2, -0.15) is 0 Å². The summed E-state index contributed by atoms with van der Waals surface area (Å²) < 4.78 is 10.8. The average molecular weight is 217 g/mol. The van der Waals surface area contributed by atoms with Gasteiger partial charge in [0.15, 0.2) is 0 Å². The molecular formula is C11H23NO3. The second-order valence-electron chi connectivity index (χ2n) is 4.59. The Labute approximate surface area is 92.0 Å². The second kappa shape index (κ2) is 6.43. The standard InChI is InChI=1S/C11H23NO3/c1-11(2)9-10(3-6-15-11)12-4-7-14-8-5-13/h10,12-13H,3-9H2,1-2H3. The lowest BCUT2D eigenvalue weighted by Gasteiger charge is -2.35. The lowest BCUT2D eigenvalue weighted by molar-refractivity contribution is -0.0634. The summed E-state index contributed by atoms with van der Waals surface area (Å²) in [5.74, 6) is 0. The molecule has 0 radical (unpaired) electrons. The minimum Gasteiger partial charge on any atom is -0.394 e. The maximum Gasteiger partial charge on any atom is 0.0698 e. The molecule has 90 valence electrons. The molecule has 0 aromatic carbocycles. The molecule has 1 fully saturated rings. The molecule has 0 aliphatic carbocycles. The number of nitrogens with one attached hydrogen (secondary N) is 1. The lowest BCUT2D eigenvalue weighted by atomic mass is 9.94. The average Bonchev–Trinajstić information content (AvgIpc) is 2.16. The van der Waals surface area contributed by atoms with Crippen LogP contribution in [0.1, 0.15) is 26.7 Å². The molecule has 1 saturated heterocycles. The fourth-order valence-corrected chi connectivity index (χ4v) is 1.91. The van der Waals surface area contributed by atoms with Gasteiger partial charge in [0.1, 0.15) is 0 Å². The predicted molar refractivity (Wildman–Crippen MR) is 59.0 cm³/mol. The summed E-state index contributed by atoms with van der Waals surface area (Å²) in [6.45, 7) is 7.14. The molecule has 1 aliphatic heterocycles. The van der Waals surface area contributed by atoms with Crippen LogP contribution in [0, 0.1) is 0 Å². The highest BCUT2D eigenvalue weighted by molar-refractivity contribution is 4.82. The molecule has 1 aliphatic rings. The summed E-state index contributed by atoms with van der Waals surface area (Å²) in [7, 11) is 0. The third-order valence-electron chi connectivity index (χ3n) is 2.61. The van der Waals surface area contributed by atoms with Crippen LogP contribution in [0.2, 0.25) is 0 Å². The number of hydrogen-bond donors (Lipinski definition) is 2. The van der Waals surface area contributed by atoms with Gasteiger partial charge < -0.3 is 19.9 Å². The van der Waals surface area contributed by atoms with E-state index in [1.165, 1.54) is 0 Å². The first kappa shape index (κ1) is 12.9. The fraction of sp³-hybridized carbons (Fsp3) is 1.00. The van der Waals surface area contributed by atoms with Crippen molar-refractivity contribution in [3.05, 3.63) is 0 Å². The quantitative estimate of drug-likeness (QED) is 0.638. The molecule has 0 saturated carbocycles. The van der Waals surface area contributed by atoms with Gasteiger partial charge in [0, 0.05) is 19.2 Å². The normalized spacial score (nSPS) is 25.4. The lowest BCUT2D eigenvalue weighted by Crippen LogP contribution is -2.44. The summed E-state index contributed by atoms with van der Waals surface area (Å²) in [6.07, 6.45) is 2.12. The van der Waals surface area contributed by atoms with Crippen LogP contribution in [0.5, 0.6) is 0 Å². The molecule has 15 heavy (non-hydrogen) atoms. The molecule has 0 aromatic heterocycles. The van der Waals surface area contributed by atoms with Crippen molar-refractivity contribution < 1.29 is 14.6 Å². The highest BCUT2D eigenvalue weighted by Crippen LogP contribution is 2.23. The van der Waals surface area contributed by atoms with Gasteiger partial charge in [0.25, 0.3) is 0 Å². The van der Waals surface area contributed by atoms with Crippen molar-refractivity contribution in [3.63, 3.8) is 0 Å². The summed E-state index contributed by atoms with van der Waals surface area (Å²) in [5, 5.41) is 12.0. The number of ether oxygens (including phenoxy) is 2. The van der Waals surface area contributed by atoms with E-state index in [4.69, 9.17) is 14.6 Å². The molecule has 1 rings (SSSR count). The first-order valence-corrected chi connectivity index (χ1v) is 5.70. The van der Waals surface area contributed by atoms with E-state index in [0.717, 1.165) is 26.0 Å². The van der Waals surface area contributed by atoms with Crippen molar-refractivity contribution >= 4 is 0 Å². The Kier molecular flexibility index (Phi) is 5.53. The van der Waals surface area contributed by atoms with E-state index >= 15 is 0 Å². The Bertz CT molecular complexity index is 173. The number of rotatable bonds is 6. The summed E-state index contributed by atoms with van der Waals surface area (Å²) in [4.78, 5) is 0. The molecule has 4 heteroatoms. The topological polar surface area (TPSA) is 50.7 Å². The van der Waals surface area contributed by atoms with Gasteiger partial charge in [-0.05, 0) is 26.7 Å². The van der Waals surface area contributed by atoms with E-state index in [1.54, 1.807) is 0 Å². The van der Waals surface area contributed by atoms with Gasteiger partial charge >= 0.3 is 0 Å². The minimum absolute atomic E-state index is 0.00186. The van der Waals surface area contributed by atoms with Crippen LogP contribution in [0.4, 0.5) is 0 Å². The molecule has 0 spiro atoms. The van der Waals surface area contributed by atoms with Crippen LogP contribution in [-0.2, 0) is 9.47 Å². The number of hydrogen-bond acceptors (Lipinski definition) is 4. The van der Waals surface area contributed by atoms with E-state index in [2.05, 4.69) is 19.2 Å². The molecule has 0 amide bonds.